The minimum atomic E-state index is -0.951. The van der Waals surface area contributed by atoms with Gasteiger partial charge in [0.1, 0.15) is 6.54 Å². The van der Waals surface area contributed by atoms with Crippen LogP contribution >= 0.6 is 0 Å². The van der Waals surface area contributed by atoms with Gasteiger partial charge < -0.3 is 15.3 Å². The van der Waals surface area contributed by atoms with Gasteiger partial charge in [0.2, 0.25) is 5.91 Å². The molecule has 0 aliphatic carbocycles. The normalized spacial score (nSPS) is 25.6. The molecule has 0 saturated carbocycles. The number of nitrogens with one attached hydrogen (secondary N) is 1. The van der Waals surface area contributed by atoms with Gasteiger partial charge in [0.15, 0.2) is 0 Å². The Morgan fingerprint density at radius 3 is 2.59 bits per heavy atom. The third kappa shape index (κ3) is 3.19. The predicted molar refractivity (Wildman–Crippen MR) is 64.7 cm³/mol. The molecule has 0 radical (unpaired) electrons. The van der Waals surface area contributed by atoms with Crippen molar-refractivity contribution in [3.8, 4) is 0 Å². The van der Waals surface area contributed by atoms with Crippen LogP contribution in [0.25, 0.3) is 0 Å². The van der Waals surface area contributed by atoms with E-state index in [9.17, 15) is 9.59 Å². The molecule has 98 valence electrons. The Morgan fingerprint density at radius 2 is 2.18 bits per heavy atom. The lowest BCUT2D eigenvalue weighted by Gasteiger charge is -2.34. The number of aliphatic carboxylic acids is 1. The fraction of sp³-hybridized carbons (Fsp3) is 0.833. The fourth-order valence-electron chi connectivity index (χ4n) is 2.14. The zero-order valence-electron chi connectivity index (χ0n) is 10.8. The Kier molecular flexibility index (Phi) is 4.51. The second kappa shape index (κ2) is 5.49. The number of carboxylic acids is 1. The minimum Gasteiger partial charge on any atom is -0.480 e. The van der Waals surface area contributed by atoms with Crippen LogP contribution in [-0.2, 0) is 9.59 Å². The number of hydrogen-bond donors (Lipinski definition) is 2. The summed E-state index contributed by atoms with van der Waals surface area (Å²) in [5.74, 6) is -0.993. The van der Waals surface area contributed by atoms with Crippen LogP contribution in [0.1, 0.15) is 33.6 Å². The van der Waals surface area contributed by atoms with Gasteiger partial charge in [-0.2, -0.15) is 0 Å². The summed E-state index contributed by atoms with van der Waals surface area (Å²) in [4.78, 5) is 24.8. The number of nitrogens with zero attached hydrogens (tertiary/aromatic N) is 1. The highest BCUT2D eigenvalue weighted by Crippen LogP contribution is 2.28. The van der Waals surface area contributed by atoms with Crippen molar-refractivity contribution in [3.05, 3.63) is 0 Å². The molecule has 2 atom stereocenters. The monoisotopic (exact) mass is 242 g/mol. The Balaban J connectivity index is 2.81. The molecule has 0 bridgehead atoms. The summed E-state index contributed by atoms with van der Waals surface area (Å²) >= 11 is 0. The number of carbonyl (C=O) groups is 2. The molecule has 0 spiro atoms. The molecule has 1 rings (SSSR count). The van der Waals surface area contributed by atoms with Gasteiger partial charge in [-0.1, -0.05) is 6.92 Å². The lowest BCUT2D eigenvalue weighted by molar-refractivity contribution is -0.150. The van der Waals surface area contributed by atoms with Crippen LogP contribution in [0.2, 0.25) is 0 Å². The largest absolute Gasteiger partial charge is 0.480 e. The quantitative estimate of drug-likeness (QED) is 0.744. The first-order valence-electron chi connectivity index (χ1n) is 6.14. The lowest BCUT2D eigenvalue weighted by Crippen LogP contribution is -2.49. The molecule has 1 amide bonds. The fourth-order valence-corrected chi connectivity index (χ4v) is 2.14. The van der Waals surface area contributed by atoms with E-state index >= 15 is 0 Å². The average molecular weight is 242 g/mol. The van der Waals surface area contributed by atoms with E-state index in [1.165, 1.54) is 4.90 Å². The number of carbonyl (C=O) groups excluding carboxylic acids is 1. The zero-order chi connectivity index (χ0) is 13.1. The Morgan fingerprint density at radius 1 is 1.53 bits per heavy atom. The number of amides is 1. The standard InChI is InChI=1S/C12H22N2O3/c1-4-9(2)14(7-10(15)16)11(17)12(3)5-6-13-8-12/h9,13H,4-8H2,1-3H3,(H,15,16). The Labute approximate surface area is 102 Å². The summed E-state index contributed by atoms with van der Waals surface area (Å²) in [6, 6.07) is -0.0315. The topological polar surface area (TPSA) is 69.6 Å². The van der Waals surface area contributed by atoms with Crippen LogP contribution in [0, 0.1) is 5.41 Å². The summed E-state index contributed by atoms with van der Waals surface area (Å²) < 4.78 is 0. The molecule has 1 saturated heterocycles. The second-order valence-corrected chi connectivity index (χ2v) is 5.07. The van der Waals surface area contributed by atoms with Crippen molar-refractivity contribution >= 4 is 11.9 Å². The van der Waals surface area contributed by atoms with E-state index in [4.69, 9.17) is 5.11 Å². The zero-order valence-corrected chi connectivity index (χ0v) is 10.8. The molecule has 1 heterocycles. The van der Waals surface area contributed by atoms with Crippen molar-refractivity contribution in [2.45, 2.75) is 39.7 Å². The smallest absolute Gasteiger partial charge is 0.323 e. The van der Waals surface area contributed by atoms with Crippen molar-refractivity contribution in [1.82, 2.24) is 10.2 Å². The molecule has 5 nitrogen and oxygen atoms in total. The third-order valence-electron chi connectivity index (χ3n) is 3.57. The molecule has 5 heteroatoms. The van der Waals surface area contributed by atoms with Crippen molar-refractivity contribution in [2.75, 3.05) is 19.6 Å². The molecule has 17 heavy (non-hydrogen) atoms. The highest BCUT2D eigenvalue weighted by atomic mass is 16.4. The van der Waals surface area contributed by atoms with Crippen molar-refractivity contribution in [1.29, 1.82) is 0 Å². The number of rotatable bonds is 5. The molecule has 2 unspecified atom stereocenters. The van der Waals surface area contributed by atoms with Gasteiger partial charge in [-0.05, 0) is 33.2 Å². The molecule has 0 aromatic rings. The summed E-state index contributed by atoms with van der Waals surface area (Å²) in [6.45, 7) is 7.02. The van der Waals surface area contributed by atoms with E-state index in [1.807, 2.05) is 20.8 Å². The maximum absolute atomic E-state index is 12.4. The van der Waals surface area contributed by atoms with Gasteiger partial charge in [-0.3, -0.25) is 9.59 Å². The van der Waals surface area contributed by atoms with Crippen molar-refractivity contribution < 1.29 is 14.7 Å². The lowest BCUT2D eigenvalue weighted by atomic mass is 9.87. The van der Waals surface area contributed by atoms with E-state index in [1.54, 1.807) is 0 Å². The van der Waals surface area contributed by atoms with Crippen LogP contribution < -0.4 is 5.32 Å². The van der Waals surface area contributed by atoms with E-state index in [0.717, 1.165) is 19.4 Å². The molecule has 1 fully saturated rings. The van der Waals surface area contributed by atoms with Crippen LogP contribution in [0.15, 0.2) is 0 Å². The average Bonchev–Trinajstić information content (AvgIpc) is 2.72. The SMILES string of the molecule is CCC(C)N(CC(=O)O)C(=O)C1(C)CCNC1. The van der Waals surface area contributed by atoms with E-state index < -0.39 is 11.4 Å². The molecule has 1 aliphatic rings. The molecule has 0 aromatic heterocycles. The molecular formula is C12H22N2O3. The van der Waals surface area contributed by atoms with Gasteiger partial charge in [-0.25, -0.2) is 0 Å². The van der Waals surface area contributed by atoms with Crippen molar-refractivity contribution in [2.24, 2.45) is 5.41 Å². The highest BCUT2D eigenvalue weighted by molar-refractivity contribution is 5.86. The van der Waals surface area contributed by atoms with Crippen LogP contribution in [0.5, 0.6) is 0 Å². The van der Waals surface area contributed by atoms with Crippen LogP contribution in [0.4, 0.5) is 0 Å². The first kappa shape index (κ1) is 14.0. The summed E-state index contributed by atoms with van der Waals surface area (Å²) in [5.41, 5.74) is -0.446. The Hall–Kier alpha value is -1.10. The molecule has 2 N–H and O–H groups in total. The van der Waals surface area contributed by atoms with Crippen molar-refractivity contribution in [3.63, 3.8) is 0 Å². The summed E-state index contributed by atoms with van der Waals surface area (Å²) in [5, 5.41) is 12.1. The maximum atomic E-state index is 12.4. The van der Waals surface area contributed by atoms with E-state index in [0.29, 0.717) is 6.54 Å². The molecule has 0 aromatic carbocycles. The van der Waals surface area contributed by atoms with Crippen LogP contribution in [-0.4, -0.2) is 47.6 Å². The van der Waals surface area contributed by atoms with Gasteiger partial charge in [0.25, 0.3) is 0 Å². The van der Waals surface area contributed by atoms with Crippen LogP contribution in [0.3, 0.4) is 0 Å². The molecular weight excluding hydrogens is 220 g/mol. The third-order valence-corrected chi connectivity index (χ3v) is 3.57. The van der Waals surface area contributed by atoms with Gasteiger partial charge in [0.05, 0.1) is 5.41 Å². The van der Waals surface area contributed by atoms with Gasteiger partial charge >= 0.3 is 5.97 Å². The van der Waals surface area contributed by atoms with E-state index in [2.05, 4.69) is 5.32 Å². The summed E-state index contributed by atoms with van der Waals surface area (Å²) in [6.07, 6.45) is 1.54. The second-order valence-electron chi connectivity index (χ2n) is 5.07. The number of hydrogen-bond acceptors (Lipinski definition) is 3. The van der Waals surface area contributed by atoms with E-state index in [-0.39, 0.29) is 18.5 Å². The first-order chi connectivity index (χ1) is 7.90. The highest BCUT2D eigenvalue weighted by Gasteiger charge is 2.40. The molecule has 1 aliphatic heterocycles. The van der Waals surface area contributed by atoms with Gasteiger partial charge in [-0.15, -0.1) is 0 Å². The predicted octanol–water partition coefficient (Wildman–Crippen LogP) is 0.698. The first-order valence-corrected chi connectivity index (χ1v) is 6.14. The number of carboxylic acid groups (broad SMARTS) is 1. The Bertz CT molecular complexity index is 298. The maximum Gasteiger partial charge on any atom is 0.323 e. The van der Waals surface area contributed by atoms with Gasteiger partial charge in [0, 0.05) is 12.6 Å². The summed E-state index contributed by atoms with van der Waals surface area (Å²) in [7, 11) is 0. The minimum absolute atomic E-state index is 0.0315.